The van der Waals surface area contributed by atoms with Crippen LogP contribution in [0.1, 0.15) is 36.2 Å². The zero-order chi connectivity index (χ0) is 15.3. The highest BCUT2D eigenvalue weighted by Crippen LogP contribution is 2.19. The van der Waals surface area contributed by atoms with E-state index < -0.39 is 4.92 Å². The summed E-state index contributed by atoms with van der Waals surface area (Å²) in [5.74, 6) is 0.516. The van der Waals surface area contributed by atoms with Crippen LogP contribution in [0.3, 0.4) is 0 Å². The second-order valence-corrected chi connectivity index (χ2v) is 5.52. The molecule has 0 saturated heterocycles. The molecule has 0 fully saturated rings. The molecule has 20 heavy (non-hydrogen) atoms. The number of nitro groups is 1. The van der Waals surface area contributed by atoms with E-state index in [-0.39, 0.29) is 17.6 Å². The van der Waals surface area contributed by atoms with E-state index in [1.165, 1.54) is 18.2 Å². The van der Waals surface area contributed by atoms with Crippen LogP contribution in [0.5, 0.6) is 0 Å². The van der Waals surface area contributed by atoms with E-state index in [4.69, 9.17) is 11.6 Å². The van der Waals surface area contributed by atoms with Crippen LogP contribution >= 0.6 is 11.6 Å². The molecule has 0 radical (unpaired) electrons. The number of nitrogens with zero attached hydrogens (tertiary/aromatic N) is 1. The third-order valence-corrected chi connectivity index (χ3v) is 3.31. The lowest BCUT2D eigenvalue weighted by atomic mass is 10.0. The summed E-state index contributed by atoms with van der Waals surface area (Å²) in [6.07, 6.45) is 0.793. The van der Waals surface area contributed by atoms with Gasteiger partial charge in [-0.3, -0.25) is 14.9 Å². The Morgan fingerprint density at radius 2 is 2.10 bits per heavy atom. The smallest absolute Gasteiger partial charge is 0.272 e. The second-order valence-electron chi connectivity index (χ2n) is 5.21. The lowest BCUT2D eigenvalue weighted by Gasteiger charge is -2.18. The number of hydrogen-bond donors (Lipinski definition) is 1. The Morgan fingerprint density at radius 3 is 2.55 bits per heavy atom. The molecule has 0 aliphatic rings. The molecule has 1 aromatic carbocycles. The molecule has 0 heterocycles. The Bertz CT molecular complexity index is 503. The number of rotatable bonds is 6. The fourth-order valence-corrected chi connectivity index (χ4v) is 2.20. The summed E-state index contributed by atoms with van der Waals surface area (Å²) < 4.78 is 0. The number of nitro benzene ring substituents is 1. The lowest BCUT2D eigenvalue weighted by Crippen LogP contribution is -2.37. The van der Waals surface area contributed by atoms with E-state index in [0.717, 1.165) is 6.42 Å². The van der Waals surface area contributed by atoms with E-state index in [0.29, 0.717) is 22.9 Å². The maximum atomic E-state index is 12.1. The van der Waals surface area contributed by atoms with Gasteiger partial charge in [-0.1, -0.05) is 13.8 Å². The summed E-state index contributed by atoms with van der Waals surface area (Å²) in [6, 6.07) is 4.23. The zero-order valence-corrected chi connectivity index (χ0v) is 12.6. The number of carbonyl (C=O) groups is 1. The van der Waals surface area contributed by atoms with Gasteiger partial charge in [0, 0.05) is 29.1 Å². The standard InChI is InChI=1S/C14H19ClN2O3/c1-9(2)6-12(8-15)16-14(18)11-4-5-13(17(19)20)10(3)7-11/h4-5,7,9,12H,6,8H2,1-3H3,(H,16,18). The van der Waals surface area contributed by atoms with E-state index in [1.54, 1.807) is 6.92 Å². The van der Waals surface area contributed by atoms with Crippen LogP contribution in [0.2, 0.25) is 0 Å². The van der Waals surface area contributed by atoms with Crippen LogP contribution in [0.15, 0.2) is 18.2 Å². The summed E-state index contributed by atoms with van der Waals surface area (Å²) in [5, 5.41) is 13.6. The highest BCUT2D eigenvalue weighted by Gasteiger charge is 2.17. The Kier molecular flexibility index (Phi) is 5.95. The van der Waals surface area contributed by atoms with Crippen LogP contribution in [0, 0.1) is 23.0 Å². The van der Waals surface area contributed by atoms with Gasteiger partial charge in [-0.2, -0.15) is 0 Å². The van der Waals surface area contributed by atoms with Crippen molar-refractivity contribution in [3.05, 3.63) is 39.4 Å². The molecule has 0 saturated carbocycles. The number of hydrogen-bond acceptors (Lipinski definition) is 3. The number of amides is 1. The first-order valence-electron chi connectivity index (χ1n) is 6.47. The Hall–Kier alpha value is -1.62. The predicted octanol–water partition coefficient (Wildman–Crippen LogP) is 3.29. The number of carbonyl (C=O) groups excluding carboxylic acids is 1. The minimum Gasteiger partial charge on any atom is -0.348 e. The fraction of sp³-hybridized carbons (Fsp3) is 0.500. The minimum atomic E-state index is -0.461. The largest absolute Gasteiger partial charge is 0.348 e. The van der Waals surface area contributed by atoms with Gasteiger partial charge in [0.1, 0.15) is 0 Å². The van der Waals surface area contributed by atoms with Crippen LogP contribution < -0.4 is 5.32 Å². The van der Waals surface area contributed by atoms with E-state index in [1.807, 2.05) is 0 Å². The molecule has 1 unspecified atom stereocenters. The molecular weight excluding hydrogens is 280 g/mol. The first kappa shape index (κ1) is 16.4. The van der Waals surface area contributed by atoms with E-state index in [2.05, 4.69) is 19.2 Å². The molecule has 1 N–H and O–H groups in total. The van der Waals surface area contributed by atoms with Crippen molar-refractivity contribution in [2.24, 2.45) is 5.92 Å². The number of nitrogens with one attached hydrogen (secondary N) is 1. The first-order valence-corrected chi connectivity index (χ1v) is 7.00. The molecule has 0 aromatic heterocycles. The molecule has 0 spiro atoms. The van der Waals surface area contributed by atoms with E-state index >= 15 is 0 Å². The highest BCUT2D eigenvalue weighted by molar-refractivity contribution is 6.18. The average molecular weight is 299 g/mol. The molecule has 1 amide bonds. The van der Waals surface area contributed by atoms with Gasteiger partial charge < -0.3 is 5.32 Å². The monoisotopic (exact) mass is 298 g/mol. The molecule has 6 heteroatoms. The van der Waals surface area contributed by atoms with Gasteiger partial charge >= 0.3 is 0 Å². The first-order chi connectivity index (χ1) is 9.35. The predicted molar refractivity (Wildman–Crippen MR) is 79.3 cm³/mol. The van der Waals surface area contributed by atoms with Gasteiger partial charge in [0.25, 0.3) is 11.6 Å². The minimum absolute atomic E-state index is 0.0117. The molecule has 1 aromatic rings. The highest BCUT2D eigenvalue weighted by atomic mass is 35.5. The van der Waals surface area contributed by atoms with Gasteiger partial charge in [-0.25, -0.2) is 0 Å². The lowest BCUT2D eigenvalue weighted by molar-refractivity contribution is -0.385. The molecule has 1 atom stereocenters. The van der Waals surface area contributed by atoms with Gasteiger partial charge in [0.05, 0.1) is 4.92 Å². The van der Waals surface area contributed by atoms with Crippen LogP contribution in [-0.2, 0) is 0 Å². The van der Waals surface area contributed by atoms with Gasteiger partial charge in [-0.05, 0) is 31.4 Å². The van der Waals surface area contributed by atoms with Crippen molar-refractivity contribution >= 4 is 23.2 Å². The number of benzene rings is 1. The number of halogens is 1. The van der Waals surface area contributed by atoms with E-state index in [9.17, 15) is 14.9 Å². The zero-order valence-electron chi connectivity index (χ0n) is 11.9. The SMILES string of the molecule is Cc1cc(C(=O)NC(CCl)CC(C)C)ccc1[N+](=O)[O-]. The molecule has 0 aliphatic heterocycles. The molecule has 0 bridgehead atoms. The van der Waals surface area contributed by atoms with Gasteiger partial charge in [-0.15, -0.1) is 11.6 Å². The second kappa shape index (κ2) is 7.24. The summed E-state index contributed by atoms with van der Waals surface area (Å²) in [7, 11) is 0. The van der Waals surface area contributed by atoms with Gasteiger partial charge in [0.2, 0.25) is 0 Å². The molecule has 0 aliphatic carbocycles. The van der Waals surface area contributed by atoms with Crippen molar-refractivity contribution in [2.75, 3.05) is 5.88 Å². The summed E-state index contributed by atoms with van der Waals surface area (Å²) in [4.78, 5) is 22.4. The van der Waals surface area contributed by atoms with Crippen molar-refractivity contribution in [1.82, 2.24) is 5.32 Å². The number of alkyl halides is 1. The quantitative estimate of drug-likeness (QED) is 0.497. The third-order valence-electron chi connectivity index (χ3n) is 2.93. The normalized spacial score (nSPS) is 12.2. The molecule has 1 rings (SSSR count). The van der Waals surface area contributed by atoms with Crippen molar-refractivity contribution < 1.29 is 9.72 Å². The van der Waals surface area contributed by atoms with Crippen LogP contribution in [0.25, 0.3) is 0 Å². The summed E-state index contributed by atoms with van der Waals surface area (Å²) in [5.41, 5.74) is 0.888. The van der Waals surface area contributed by atoms with Crippen molar-refractivity contribution in [2.45, 2.75) is 33.2 Å². The third kappa shape index (κ3) is 4.49. The summed E-state index contributed by atoms with van der Waals surface area (Å²) >= 11 is 5.84. The molecule has 110 valence electrons. The maximum Gasteiger partial charge on any atom is 0.272 e. The van der Waals surface area contributed by atoms with Crippen molar-refractivity contribution in [3.8, 4) is 0 Å². The Morgan fingerprint density at radius 1 is 1.45 bits per heavy atom. The fourth-order valence-electron chi connectivity index (χ4n) is 2.00. The summed E-state index contributed by atoms with van der Waals surface area (Å²) in [6.45, 7) is 5.73. The maximum absolute atomic E-state index is 12.1. The number of aryl methyl sites for hydroxylation is 1. The Balaban J connectivity index is 2.82. The van der Waals surface area contributed by atoms with Crippen molar-refractivity contribution in [1.29, 1.82) is 0 Å². The average Bonchev–Trinajstić information content (AvgIpc) is 2.36. The van der Waals surface area contributed by atoms with Crippen LogP contribution in [0.4, 0.5) is 5.69 Å². The molecular formula is C14H19ClN2O3. The Labute approximate surface area is 123 Å². The van der Waals surface area contributed by atoms with Gasteiger partial charge in [0.15, 0.2) is 0 Å². The topological polar surface area (TPSA) is 72.2 Å². The van der Waals surface area contributed by atoms with Crippen LogP contribution in [-0.4, -0.2) is 22.8 Å². The van der Waals surface area contributed by atoms with Crippen molar-refractivity contribution in [3.63, 3.8) is 0 Å². The molecule has 5 nitrogen and oxygen atoms in total.